The minimum absolute atomic E-state index is 0.0895. The van der Waals surface area contributed by atoms with E-state index in [1.54, 1.807) is 0 Å². The molecule has 1 unspecified atom stereocenters. The van der Waals surface area contributed by atoms with Gasteiger partial charge in [-0.15, -0.1) is 0 Å². The normalized spacial score (nSPS) is 12.7. The maximum Gasteiger partial charge on any atom is 0.408 e. The van der Waals surface area contributed by atoms with Crippen LogP contribution in [0.1, 0.15) is 22.7 Å². The maximum absolute atomic E-state index is 13.2. The summed E-state index contributed by atoms with van der Waals surface area (Å²) >= 11 is 0.712. The van der Waals surface area contributed by atoms with Crippen LogP contribution in [0.15, 0.2) is 41.6 Å². The van der Waals surface area contributed by atoms with Crippen molar-refractivity contribution in [2.24, 2.45) is 0 Å². The first-order chi connectivity index (χ1) is 10.8. The third-order valence-corrected chi connectivity index (χ3v) is 3.79. The molecule has 23 heavy (non-hydrogen) atoms. The van der Waals surface area contributed by atoms with Crippen LogP contribution in [0.25, 0.3) is 0 Å². The summed E-state index contributed by atoms with van der Waals surface area (Å²) in [5, 5.41) is 8.77. The highest BCUT2D eigenvalue weighted by molar-refractivity contribution is 7.97. The molecule has 2 rings (SSSR count). The number of alkyl halides is 3. The lowest BCUT2D eigenvalue weighted by molar-refractivity contribution is -0.152. The van der Waals surface area contributed by atoms with Crippen molar-refractivity contribution in [3.8, 4) is 6.07 Å². The van der Waals surface area contributed by atoms with E-state index in [1.165, 1.54) is 25.4 Å². The molecule has 0 spiro atoms. The predicted octanol–water partition coefficient (Wildman–Crippen LogP) is 4.30. The molecular weight excluding hydrogens is 330 g/mol. The lowest BCUT2D eigenvalue weighted by Crippen LogP contribution is -2.30. The molecule has 0 bridgehead atoms. The van der Waals surface area contributed by atoms with E-state index in [9.17, 15) is 17.6 Å². The van der Waals surface area contributed by atoms with Crippen LogP contribution in [0.4, 0.5) is 17.6 Å². The number of hydrogen-bond donors (Lipinski definition) is 1. The molecule has 0 fully saturated rings. The summed E-state index contributed by atoms with van der Waals surface area (Å²) in [4.78, 5) is 4.15. The van der Waals surface area contributed by atoms with Gasteiger partial charge in [0.2, 0.25) is 0 Å². The van der Waals surface area contributed by atoms with Crippen molar-refractivity contribution in [3.05, 3.63) is 59.2 Å². The predicted molar refractivity (Wildman–Crippen MR) is 77.9 cm³/mol. The van der Waals surface area contributed by atoms with E-state index in [1.807, 2.05) is 6.07 Å². The van der Waals surface area contributed by atoms with Gasteiger partial charge in [0, 0.05) is 17.3 Å². The number of nitrogens with zero attached hydrogens (tertiary/aromatic N) is 2. The summed E-state index contributed by atoms with van der Waals surface area (Å²) in [6.45, 7) is 1.40. The van der Waals surface area contributed by atoms with E-state index in [-0.39, 0.29) is 16.7 Å². The molecule has 1 N–H and O–H groups in total. The zero-order valence-electron chi connectivity index (χ0n) is 11.9. The Morgan fingerprint density at radius 3 is 2.61 bits per heavy atom. The molecule has 8 heteroatoms. The molecule has 120 valence electrons. The van der Waals surface area contributed by atoms with Gasteiger partial charge in [0.25, 0.3) is 0 Å². The number of aromatic nitrogens is 1. The van der Waals surface area contributed by atoms with Crippen LogP contribution < -0.4 is 4.72 Å². The molecule has 1 heterocycles. The molecule has 1 aromatic heterocycles. The molecule has 0 saturated heterocycles. The van der Waals surface area contributed by atoms with Crippen molar-refractivity contribution < 1.29 is 17.6 Å². The fourth-order valence-electron chi connectivity index (χ4n) is 1.83. The molecule has 0 aliphatic heterocycles. The zero-order chi connectivity index (χ0) is 17.0. The molecule has 0 radical (unpaired) electrons. The van der Waals surface area contributed by atoms with Crippen molar-refractivity contribution in [1.82, 2.24) is 9.71 Å². The number of nitrogens with one attached hydrogen (secondary N) is 1. The van der Waals surface area contributed by atoms with Gasteiger partial charge in [-0.2, -0.15) is 18.4 Å². The third-order valence-electron chi connectivity index (χ3n) is 2.98. The number of hydrogen-bond acceptors (Lipinski definition) is 4. The number of nitriles is 1. The van der Waals surface area contributed by atoms with Crippen molar-refractivity contribution >= 4 is 11.9 Å². The highest BCUT2D eigenvalue weighted by atomic mass is 32.2. The van der Waals surface area contributed by atoms with Crippen LogP contribution in [0, 0.1) is 24.1 Å². The fraction of sp³-hybridized carbons (Fsp3) is 0.200. The summed E-state index contributed by atoms with van der Waals surface area (Å²) in [7, 11) is 0. The minimum Gasteiger partial charge on any atom is -0.262 e. The highest BCUT2D eigenvalue weighted by Gasteiger charge is 2.41. The van der Waals surface area contributed by atoms with E-state index >= 15 is 0 Å². The van der Waals surface area contributed by atoms with Crippen molar-refractivity contribution in [2.45, 2.75) is 24.0 Å². The Morgan fingerprint density at radius 1 is 1.26 bits per heavy atom. The Kier molecular flexibility index (Phi) is 5.23. The van der Waals surface area contributed by atoms with Crippen molar-refractivity contribution in [1.29, 1.82) is 5.26 Å². The molecular formula is C15H11F4N3S. The van der Waals surface area contributed by atoms with Crippen molar-refractivity contribution in [2.75, 3.05) is 0 Å². The van der Waals surface area contributed by atoms with Gasteiger partial charge >= 0.3 is 6.18 Å². The highest BCUT2D eigenvalue weighted by Crippen LogP contribution is 2.35. The number of halogens is 4. The number of benzene rings is 1. The Labute approximate surface area is 134 Å². The second-order valence-corrected chi connectivity index (χ2v) is 5.64. The molecule has 0 aliphatic carbocycles. The molecule has 3 nitrogen and oxygen atoms in total. The van der Waals surface area contributed by atoms with Gasteiger partial charge in [-0.3, -0.25) is 4.98 Å². The Balaban J connectivity index is 2.22. The molecule has 0 amide bonds. The Bertz CT molecular complexity index is 740. The first kappa shape index (κ1) is 17.2. The second-order valence-electron chi connectivity index (χ2n) is 4.72. The molecule has 0 saturated carbocycles. The average Bonchev–Trinajstić information content (AvgIpc) is 2.50. The summed E-state index contributed by atoms with van der Waals surface area (Å²) < 4.78 is 55.3. The van der Waals surface area contributed by atoms with E-state index < -0.39 is 18.0 Å². The van der Waals surface area contributed by atoms with Gasteiger partial charge < -0.3 is 0 Å². The van der Waals surface area contributed by atoms with Crippen LogP contribution in [0.2, 0.25) is 0 Å². The van der Waals surface area contributed by atoms with Gasteiger partial charge in [0.05, 0.1) is 5.56 Å². The van der Waals surface area contributed by atoms with Gasteiger partial charge in [0.1, 0.15) is 17.9 Å². The summed E-state index contributed by atoms with van der Waals surface area (Å²) in [6.07, 6.45) is -1.89. The first-order valence-corrected chi connectivity index (χ1v) is 7.23. The summed E-state index contributed by atoms with van der Waals surface area (Å²) in [6, 6.07) is 4.57. The Morgan fingerprint density at radius 2 is 2.00 bits per heavy atom. The second kappa shape index (κ2) is 6.98. The standard InChI is InChI=1S/C15H11F4N3S/c1-9-4-11(2-3-13(9)16)14(15(17,18)19)22-23-12-5-10(6-20)7-21-8-12/h2-5,7-8,14,22H,1H3. The fourth-order valence-corrected chi connectivity index (χ4v) is 2.66. The van der Waals surface area contributed by atoms with E-state index in [2.05, 4.69) is 9.71 Å². The van der Waals surface area contributed by atoms with Crippen LogP contribution >= 0.6 is 11.9 Å². The molecule has 1 atom stereocenters. The lowest BCUT2D eigenvalue weighted by Gasteiger charge is -2.22. The van der Waals surface area contributed by atoms with E-state index in [4.69, 9.17) is 5.26 Å². The average molecular weight is 341 g/mol. The minimum atomic E-state index is -4.56. The zero-order valence-corrected chi connectivity index (χ0v) is 12.7. The first-order valence-electron chi connectivity index (χ1n) is 6.41. The summed E-state index contributed by atoms with van der Waals surface area (Å²) in [5.41, 5.74) is 0.294. The molecule has 2 aromatic rings. The number of rotatable bonds is 4. The SMILES string of the molecule is Cc1cc(C(NSc2cncc(C#N)c2)C(F)(F)F)ccc1F. The van der Waals surface area contributed by atoms with Gasteiger partial charge in [-0.25, -0.2) is 9.11 Å². The largest absolute Gasteiger partial charge is 0.408 e. The van der Waals surface area contributed by atoms with Crippen LogP contribution in [0.3, 0.4) is 0 Å². The number of aryl methyl sites for hydroxylation is 1. The topological polar surface area (TPSA) is 48.7 Å². The number of pyridine rings is 1. The van der Waals surface area contributed by atoms with Crippen LogP contribution in [-0.4, -0.2) is 11.2 Å². The van der Waals surface area contributed by atoms with E-state index in [0.29, 0.717) is 16.8 Å². The molecule has 0 aliphatic rings. The third kappa shape index (κ3) is 4.43. The lowest BCUT2D eigenvalue weighted by atomic mass is 10.0. The van der Waals surface area contributed by atoms with Gasteiger partial charge in [0.15, 0.2) is 0 Å². The monoisotopic (exact) mass is 341 g/mol. The van der Waals surface area contributed by atoms with Crippen molar-refractivity contribution in [3.63, 3.8) is 0 Å². The van der Waals surface area contributed by atoms with E-state index in [0.717, 1.165) is 18.2 Å². The molecule has 1 aromatic carbocycles. The summed E-state index contributed by atoms with van der Waals surface area (Å²) in [5.74, 6) is -0.562. The Hall–Kier alpha value is -2.11. The van der Waals surface area contributed by atoms with Crippen LogP contribution in [0.5, 0.6) is 0 Å². The quantitative estimate of drug-likeness (QED) is 0.665. The van der Waals surface area contributed by atoms with Crippen LogP contribution in [-0.2, 0) is 0 Å². The smallest absolute Gasteiger partial charge is 0.262 e. The maximum atomic E-state index is 13.2. The van der Waals surface area contributed by atoms with Gasteiger partial charge in [-0.1, -0.05) is 12.1 Å². The van der Waals surface area contributed by atoms with Gasteiger partial charge in [-0.05, 0) is 42.1 Å².